The molecule has 1 aromatic carbocycles. The molecule has 6 heteroatoms. The third-order valence-electron chi connectivity index (χ3n) is 4.82. The molecule has 4 rings (SSSR count). The van der Waals surface area contributed by atoms with Gasteiger partial charge in [-0.05, 0) is 31.4 Å². The van der Waals surface area contributed by atoms with Crippen molar-refractivity contribution in [2.24, 2.45) is 0 Å². The first kappa shape index (κ1) is 16.5. The minimum absolute atomic E-state index is 0.117. The van der Waals surface area contributed by atoms with Crippen LogP contribution in [0, 0.1) is 0 Å². The monoisotopic (exact) mass is 449 g/mol. The van der Waals surface area contributed by atoms with Gasteiger partial charge in [0.05, 0.1) is 29.0 Å². The van der Waals surface area contributed by atoms with Gasteiger partial charge in [0.15, 0.2) is 0 Å². The molecule has 0 radical (unpaired) electrons. The van der Waals surface area contributed by atoms with Crippen molar-refractivity contribution in [2.45, 2.75) is 31.5 Å². The number of hydrogen-bond acceptors (Lipinski definition) is 3. The van der Waals surface area contributed by atoms with Crippen LogP contribution < -0.4 is 5.32 Å². The molecule has 4 nitrogen and oxygen atoms in total. The number of fused-ring (bicyclic) bond motifs is 1. The maximum absolute atomic E-state index is 14.4. The van der Waals surface area contributed by atoms with Crippen LogP contribution in [0.4, 0.5) is 10.1 Å². The van der Waals surface area contributed by atoms with Crippen molar-refractivity contribution in [3.05, 3.63) is 54.4 Å². The number of alkyl halides is 1. The van der Waals surface area contributed by atoms with E-state index in [1.807, 2.05) is 49.5 Å². The Morgan fingerprint density at radius 1 is 1.32 bits per heavy atom. The van der Waals surface area contributed by atoms with E-state index in [1.54, 1.807) is 33.3 Å². The Labute approximate surface area is 158 Å². The van der Waals surface area contributed by atoms with E-state index in [9.17, 15) is 9.18 Å². The molecule has 0 spiro atoms. The lowest BCUT2D eigenvalue weighted by atomic mass is 10.1. The average Bonchev–Trinajstić information content (AvgIpc) is 3.21. The Morgan fingerprint density at radius 3 is 2.68 bits per heavy atom. The van der Waals surface area contributed by atoms with Crippen molar-refractivity contribution in [3.8, 4) is 11.1 Å². The molecule has 0 aliphatic heterocycles. The number of carbonyl (C=O) groups excluding carboxylic acids is 1. The molecule has 0 unspecified atom stereocenters. The second-order valence-corrected chi connectivity index (χ2v) is 7.51. The number of hydrogen-bond donors (Lipinski definition) is 1. The molecule has 2 aromatic heterocycles. The second-order valence-electron chi connectivity index (χ2n) is 6.53. The summed E-state index contributed by atoms with van der Waals surface area (Å²) < 4.78 is 16.0. The highest BCUT2D eigenvalue weighted by Gasteiger charge is 2.48. The van der Waals surface area contributed by atoms with E-state index in [0.29, 0.717) is 24.1 Å². The second kappa shape index (κ2) is 6.09. The summed E-state index contributed by atoms with van der Waals surface area (Å²) >= 11 is 1.75. The van der Waals surface area contributed by atoms with Crippen LogP contribution in [0.3, 0.4) is 0 Å². The topological polar surface area (TPSA) is 46.4 Å². The zero-order valence-electron chi connectivity index (χ0n) is 13.7. The number of benzene rings is 1. The SMILES string of the molecule is C[C@@H](Nc1c(C(=O)I)cnn2cc(-c3ccccc3)cc12)C1(F)CC1. The normalized spacial score (nSPS) is 16.6. The Hall–Kier alpha value is -1.96. The van der Waals surface area contributed by atoms with Crippen LogP contribution in [0.5, 0.6) is 0 Å². The fourth-order valence-electron chi connectivity index (χ4n) is 3.04. The molecule has 2 heterocycles. The van der Waals surface area contributed by atoms with Gasteiger partial charge in [0, 0.05) is 34.4 Å². The molecule has 1 fully saturated rings. The Morgan fingerprint density at radius 2 is 2.04 bits per heavy atom. The lowest BCUT2D eigenvalue weighted by Gasteiger charge is -2.20. The molecular weight excluding hydrogens is 432 g/mol. The van der Waals surface area contributed by atoms with Gasteiger partial charge in [-0.2, -0.15) is 5.10 Å². The van der Waals surface area contributed by atoms with Gasteiger partial charge in [0.25, 0.3) is 0 Å². The van der Waals surface area contributed by atoms with Gasteiger partial charge in [-0.3, -0.25) is 4.79 Å². The van der Waals surface area contributed by atoms with Crippen molar-refractivity contribution in [1.82, 2.24) is 9.61 Å². The minimum atomic E-state index is -1.18. The summed E-state index contributed by atoms with van der Waals surface area (Å²) in [5.41, 5.74) is 2.79. The number of rotatable bonds is 5. The van der Waals surface area contributed by atoms with Crippen molar-refractivity contribution < 1.29 is 9.18 Å². The molecule has 1 saturated carbocycles. The van der Waals surface area contributed by atoms with E-state index < -0.39 is 5.67 Å². The highest BCUT2D eigenvalue weighted by molar-refractivity contribution is 14.1. The van der Waals surface area contributed by atoms with Gasteiger partial charge in [0.2, 0.25) is 3.79 Å². The van der Waals surface area contributed by atoms with E-state index in [0.717, 1.165) is 16.6 Å². The molecule has 0 saturated heterocycles. The van der Waals surface area contributed by atoms with Crippen LogP contribution in [0.15, 0.2) is 48.8 Å². The quantitative estimate of drug-likeness (QED) is 0.446. The molecule has 128 valence electrons. The molecule has 0 bridgehead atoms. The van der Waals surface area contributed by atoms with Gasteiger partial charge < -0.3 is 5.32 Å². The Kier molecular flexibility index (Phi) is 4.02. The van der Waals surface area contributed by atoms with Crippen LogP contribution in [-0.4, -0.2) is 25.1 Å². The number of halogens is 2. The zero-order chi connectivity index (χ0) is 17.6. The highest BCUT2D eigenvalue weighted by atomic mass is 127. The van der Waals surface area contributed by atoms with Gasteiger partial charge in [-0.15, -0.1) is 0 Å². The highest BCUT2D eigenvalue weighted by Crippen LogP contribution is 2.44. The predicted molar refractivity (Wildman–Crippen MR) is 105 cm³/mol. The van der Waals surface area contributed by atoms with Gasteiger partial charge in [0.1, 0.15) is 5.67 Å². The number of carbonyl (C=O) groups is 1. The third kappa shape index (κ3) is 3.03. The number of aromatic nitrogens is 2. The predicted octanol–water partition coefficient (Wildman–Crippen LogP) is 4.88. The van der Waals surface area contributed by atoms with Crippen molar-refractivity contribution in [3.63, 3.8) is 0 Å². The minimum Gasteiger partial charge on any atom is -0.377 e. The van der Waals surface area contributed by atoms with Crippen LogP contribution in [0.2, 0.25) is 0 Å². The van der Waals surface area contributed by atoms with E-state index >= 15 is 0 Å². The van der Waals surface area contributed by atoms with Crippen molar-refractivity contribution in [1.29, 1.82) is 0 Å². The summed E-state index contributed by atoms with van der Waals surface area (Å²) in [6, 6.07) is 11.6. The van der Waals surface area contributed by atoms with Gasteiger partial charge in [-0.1, -0.05) is 30.3 Å². The number of nitrogens with zero attached hydrogens (tertiary/aromatic N) is 2. The molecule has 25 heavy (non-hydrogen) atoms. The molecule has 3 aromatic rings. The molecular formula is C19H17FIN3O. The lowest BCUT2D eigenvalue weighted by Crippen LogP contribution is -2.29. The maximum Gasteiger partial charge on any atom is 0.226 e. The zero-order valence-corrected chi connectivity index (χ0v) is 15.8. The van der Waals surface area contributed by atoms with E-state index in [4.69, 9.17) is 0 Å². The third-order valence-corrected chi connectivity index (χ3v) is 5.40. The standard InChI is InChI=1S/C19H17FIN3O/c1-12(19(20)7-8-19)23-17-15(18(21)25)10-22-24-11-14(9-16(17)24)13-5-3-2-4-6-13/h2-6,9-12,23H,7-8H2,1H3/t12-/m1/s1. The fourth-order valence-corrected chi connectivity index (χ4v) is 3.45. The van der Waals surface area contributed by atoms with E-state index in [1.165, 1.54) is 0 Å². The van der Waals surface area contributed by atoms with E-state index in [2.05, 4.69) is 10.4 Å². The fraction of sp³-hybridized carbons (Fsp3) is 0.263. The first-order valence-electron chi connectivity index (χ1n) is 8.20. The van der Waals surface area contributed by atoms with Crippen LogP contribution in [-0.2, 0) is 0 Å². The molecule has 1 N–H and O–H groups in total. The first-order chi connectivity index (χ1) is 12.0. The molecule has 1 atom stereocenters. The average molecular weight is 449 g/mol. The summed E-state index contributed by atoms with van der Waals surface area (Å²) in [5.74, 6) is 0. The van der Waals surface area contributed by atoms with Crippen LogP contribution in [0.25, 0.3) is 16.6 Å². The summed E-state index contributed by atoms with van der Waals surface area (Å²) in [6.45, 7) is 1.83. The van der Waals surface area contributed by atoms with E-state index in [-0.39, 0.29) is 9.83 Å². The van der Waals surface area contributed by atoms with Crippen LogP contribution >= 0.6 is 22.6 Å². The summed E-state index contributed by atoms with van der Waals surface area (Å²) in [5, 5.41) is 7.59. The van der Waals surface area contributed by atoms with Crippen LogP contribution in [0.1, 0.15) is 30.1 Å². The summed E-state index contributed by atoms with van der Waals surface area (Å²) in [4.78, 5) is 12.0. The lowest BCUT2D eigenvalue weighted by molar-refractivity contribution is 0.110. The van der Waals surface area contributed by atoms with Gasteiger partial charge in [-0.25, -0.2) is 8.91 Å². The molecule has 1 aliphatic rings. The van der Waals surface area contributed by atoms with Crippen molar-refractivity contribution in [2.75, 3.05) is 5.32 Å². The number of nitrogens with one attached hydrogen (secondary N) is 1. The largest absolute Gasteiger partial charge is 0.377 e. The Bertz CT molecular complexity index is 950. The summed E-state index contributed by atoms with van der Waals surface area (Å²) in [6.07, 6.45) is 4.59. The smallest absolute Gasteiger partial charge is 0.226 e. The Balaban J connectivity index is 1.83. The first-order valence-corrected chi connectivity index (χ1v) is 9.28. The summed E-state index contributed by atoms with van der Waals surface area (Å²) in [7, 11) is 0. The molecule has 0 amide bonds. The van der Waals surface area contributed by atoms with Gasteiger partial charge >= 0.3 is 0 Å². The number of anilines is 1. The van der Waals surface area contributed by atoms with Crippen molar-refractivity contribution >= 4 is 37.6 Å². The maximum atomic E-state index is 14.4. The molecule has 1 aliphatic carbocycles.